The first-order valence-electron chi connectivity index (χ1n) is 17.9. The molecule has 0 spiro atoms. The minimum absolute atomic E-state index is 0.234. The fraction of sp³-hybridized carbons (Fsp3) is 0.806. The molecule has 9 atom stereocenters. The molecule has 1 aliphatic rings. The van der Waals surface area contributed by atoms with Gasteiger partial charge in [0.25, 0.3) is 0 Å². The van der Waals surface area contributed by atoms with Gasteiger partial charge < -0.3 is 50.5 Å². The van der Waals surface area contributed by atoms with E-state index in [-0.39, 0.29) is 12.8 Å². The first-order chi connectivity index (χ1) is 22.7. The van der Waals surface area contributed by atoms with Crippen molar-refractivity contribution in [3.63, 3.8) is 0 Å². The maximum Gasteiger partial charge on any atom is 0.249 e. The lowest BCUT2D eigenvalue weighted by molar-refractivity contribution is -0.303. The van der Waals surface area contributed by atoms with E-state index in [4.69, 9.17) is 9.47 Å². The molecule has 0 saturated carbocycles. The second kappa shape index (κ2) is 27.2. The van der Waals surface area contributed by atoms with Crippen molar-refractivity contribution in [2.24, 2.45) is 0 Å². The minimum atomic E-state index is -1.67. The molecule has 0 aromatic heterocycles. The molecule has 11 nitrogen and oxygen atoms in total. The Morgan fingerprint density at radius 3 is 2.02 bits per heavy atom. The molecular weight excluding hydrogens is 606 g/mol. The van der Waals surface area contributed by atoms with Crippen LogP contribution in [-0.4, -0.2) is 110 Å². The van der Waals surface area contributed by atoms with Crippen molar-refractivity contribution in [2.45, 2.75) is 172 Å². The monoisotopic (exact) mass is 671 g/mol. The van der Waals surface area contributed by atoms with Gasteiger partial charge in [-0.15, -0.1) is 0 Å². The lowest BCUT2D eigenvalue weighted by atomic mass is 9.98. The highest BCUT2D eigenvalue weighted by Crippen LogP contribution is 2.23. The molecular formula is C36H65NO10. The zero-order valence-corrected chi connectivity index (χ0v) is 28.7. The number of amides is 1. The van der Waals surface area contributed by atoms with Crippen LogP contribution < -0.4 is 5.32 Å². The van der Waals surface area contributed by atoms with Crippen LogP contribution in [0.1, 0.15) is 117 Å². The number of nitrogens with one attached hydrogen (secondary N) is 1. The van der Waals surface area contributed by atoms with Crippen LogP contribution >= 0.6 is 0 Å². The van der Waals surface area contributed by atoms with Crippen molar-refractivity contribution in [1.29, 1.82) is 0 Å². The van der Waals surface area contributed by atoms with Gasteiger partial charge in [-0.25, -0.2) is 0 Å². The Labute approximate surface area is 282 Å². The lowest BCUT2D eigenvalue weighted by Crippen LogP contribution is -2.60. The zero-order chi connectivity index (χ0) is 34.9. The summed E-state index contributed by atoms with van der Waals surface area (Å²) in [7, 11) is 0. The van der Waals surface area contributed by atoms with Crippen LogP contribution in [-0.2, 0) is 14.3 Å². The molecule has 11 heteroatoms. The SMILES string of the molecule is CCC/C=C/CCCC(O)C(O)C(COC1OC(CO)C(O)C(O)C1O)NC(=O)C(O)CCCCCCC/C=C\C=C/CCCCC. The van der Waals surface area contributed by atoms with Crippen LogP contribution in [0.4, 0.5) is 0 Å². The molecule has 0 bridgehead atoms. The Balaban J connectivity index is 2.58. The van der Waals surface area contributed by atoms with Crippen LogP contribution in [0, 0.1) is 0 Å². The van der Waals surface area contributed by atoms with E-state index in [1.165, 1.54) is 19.3 Å². The molecule has 1 rings (SSSR count). The summed E-state index contributed by atoms with van der Waals surface area (Å²) in [5, 5.41) is 74.6. The molecule has 1 saturated heterocycles. The van der Waals surface area contributed by atoms with E-state index in [9.17, 15) is 40.5 Å². The fourth-order valence-electron chi connectivity index (χ4n) is 5.32. The number of rotatable bonds is 27. The van der Waals surface area contributed by atoms with Gasteiger partial charge in [0, 0.05) is 0 Å². The molecule has 1 amide bonds. The van der Waals surface area contributed by atoms with Crippen molar-refractivity contribution < 1.29 is 50.0 Å². The number of aliphatic hydroxyl groups excluding tert-OH is 7. The standard InChI is InChI=1S/C36H65NO10/c1-3-5-7-9-11-12-13-14-15-16-17-18-20-22-24-29(40)35(45)37-27(31(41)28(39)23-21-19-10-8-6-4-2)26-46-36-34(44)33(43)32(42)30(25-38)47-36/h8,10-14,27-34,36,38-44H,3-7,9,15-26H2,1-2H3,(H,37,45)/b10-8+,12-11-,14-13-. The predicted molar refractivity (Wildman–Crippen MR) is 182 cm³/mol. The Morgan fingerprint density at radius 2 is 1.36 bits per heavy atom. The third-order valence-electron chi connectivity index (χ3n) is 8.42. The highest BCUT2D eigenvalue weighted by Gasteiger charge is 2.44. The number of unbranched alkanes of at least 4 members (excludes halogenated alkanes) is 10. The third-order valence-corrected chi connectivity index (χ3v) is 8.42. The van der Waals surface area contributed by atoms with E-state index < -0.39 is 74.2 Å². The highest BCUT2D eigenvalue weighted by atomic mass is 16.7. The van der Waals surface area contributed by atoms with Gasteiger partial charge in [-0.1, -0.05) is 95.2 Å². The van der Waals surface area contributed by atoms with Crippen LogP contribution in [0.25, 0.3) is 0 Å². The van der Waals surface area contributed by atoms with Crippen LogP contribution in [0.5, 0.6) is 0 Å². The van der Waals surface area contributed by atoms with E-state index in [1.54, 1.807) is 0 Å². The first kappa shape index (κ1) is 43.4. The van der Waals surface area contributed by atoms with Gasteiger partial charge in [-0.3, -0.25) is 4.79 Å². The summed E-state index contributed by atoms with van der Waals surface area (Å²) in [4.78, 5) is 12.9. The molecule has 274 valence electrons. The van der Waals surface area contributed by atoms with Gasteiger partial charge in [0.15, 0.2) is 6.29 Å². The number of hydrogen-bond donors (Lipinski definition) is 8. The largest absolute Gasteiger partial charge is 0.394 e. The smallest absolute Gasteiger partial charge is 0.249 e. The number of carbonyl (C=O) groups excluding carboxylic acids is 1. The molecule has 9 unspecified atom stereocenters. The Kier molecular flexibility index (Phi) is 25.1. The van der Waals surface area contributed by atoms with Crippen LogP contribution in [0.15, 0.2) is 36.5 Å². The maximum atomic E-state index is 12.9. The normalized spacial score (nSPS) is 24.7. The highest BCUT2D eigenvalue weighted by molar-refractivity contribution is 5.80. The maximum absolute atomic E-state index is 12.9. The van der Waals surface area contributed by atoms with E-state index >= 15 is 0 Å². The van der Waals surface area contributed by atoms with Crippen molar-refractivity contribution >= 4 is 5.91 Å². The summed E-state index contributed by atoms with van der Waals surface area (Å²) in [6.07, 6.45) is 15.4. The zero-order valence-electron chi connectivity index (χ0n) is 28.7. The molecule has 1 aliphatic heterocycles. The molecule has 47 heavy (non-hydrogen) atoms. The van der Waals surface area contributed by atoms with Gasteiger partial charge in [0.05, 0.1) is 25.4 Å². The summed E-state index contributed by atoms with van der Waals surface area (Å²) >= 11 is 0. The summed E-state index contributed by atoms with van der Waals surface area (Å²) in [6, 6.07) is -1.19. The van der Waals surface area contributed by atoms with Gasteiger partial charge in [0.2, 0.25) is 5.91 Å². The average Bonchev–Trinajstić information content (AvgIpc) is 3.07. The van der Waals surface area contributed by atoms with E-state index in [0.29, 0.717) is 19.3 Å². The number of ether oxygens (including phenoxy) is 2. The van der Waals surface area contributed by atoms with E-state index in [1.807, 2.05) is 6.08 Å². The average molecular weight is 672 g/mol. The van der Waals surface area contributed by atoms with Gasteiger partial charge in [-0.2, -0.15) is 0 Å². The summed E-state index contributed by atoms with van der Waals surface area (Å²) < 4.78 is 10.9. The molecule has 0 aliphatic carbocycles. The summed E-state index contributed by atoms with van der Waals surface area (Å²) in [6.45, 7) is 3.20. The van der Waals surface area contributed by atoms with Gasteiger partial charge >= 0.3 is 0 Å². The Morgan fingerprint density at radius 1 is 0.745 bits per heavy atom. The summed E-state index contributed by atoms with van der Waals surface area (Å²) in [5.74, 6) is -0.728. The molecule has 8 N–H and O–H groups in total. The van der Waals surface area contributed by atoms with E-state index in [0.717, 1.165) is 51.4 Å². The van der Waals surface area contributed by atoms with Gasteiger partial charge in [0.1, 0.15) is 36.6 Å². The quantitative estimate of drug-likeness (QED) is 0.0366. The van der Waals surface area contributed by atoms with E-state index in [2.05, 4.69) is 49.5 Å². The van der Waals surface area contributed by atoms with Crippen molar-refractivity contribution in [2.75, 3.05) is 13.2 Å². The second-order valence-corrected chi connectivity index (χ2v) is 12.6. The number of hydrogen-bond acceptors (Lipinski definition) is 10. The topological polar surface area (TPSA) is 189 Å². The van der Waals surface area contributed by atoms with Gasteiger partial charge in [-0.05, 0) is 57.8 Å². The van der Waals surface area contributed by atoms with Crippen molar-refractivity contribution in [3.8, 4) is 0 Å². The number of carbonyl (C=O) groups is 1. The van der Waals surface area contributed by atoms with Crippen LogP contribution in [0.2, 0.25) is 0 Å². The molecule has 0 radical (unpaired) electrons. The Hall–Kier alpha value is -1.67. The number of aliphatic hydroxyl groups is 7. The van der Waals surface area contributed by atoms with Crippen molar-refractivity contribution in [1.82, 2.24) is 5.32 Å². The minimum Gasteiger partial charge on any atom is -0.394 e. The van der Waals surface area contributed by atoms with Crippen LogP contribution in [0.3, 0.4) is 0 Å². The second-order valence-electron chi connectivity index (χ2n) is 12.6. The Bertz CT molecular complexity index is 867. The fourth-order valence-corrected chi connectivity index (χ4v) is 5.32. The summed E-state index contributed by atoms with van der Waals surface area (Å²) in [5.41, 5.74) is 0. The first-order valence-corrected chi connectivity index (χ1v) is 17.9. The molecule has 1 heterocycles. The number of allylic oxidation sites excluding steroid dienone is 6. The predicted octanol–water partition coefficient (Wildman–Crippen LogP) is 3.32. The lowest BCUT2D eigenvalue weighted by Gasteiger charge is -2.40. The molecule has 0 aromatic carbocycles. The molecule has 1 fully saturated rings. The molecule has 0 aromatic rings. The van der Waals surface area contributed by atoms with Crippen molar-refractivity contribution in [3.05, 3.63) is 36.5 Å². The third kappa shape index (κ3) is 18.6.